The molecule has 2 saturated carbocycles. The Morgan fingerprint density at radius 1 is 1.07 bits per heavy atom. The fraction of sp³-hybridized carbons (Fsp3) is 0.538. The quantitative estimate of drug-likeness (QED) is 0.660. The van der Waals surface area contributed by atoms with Crippen LogP contribution in [0, 0.1) is 5.92 Å². The number of hydrogen-bond acceptors (Lipinski definition) is 0. The standard InChI is InChI=1S/C13H14Cl2/c14-11-5-10(6-12(15)7-11)13-4-2-1-3-9(13)8-13/h5-7,9H,1-4,8H2/t9?,13-/m0/s1. The Labute approximate surface area is 101 Å². The molecule has 0 aromatic heterocycles. The Hall–Kier alpha value is -0.200. The molecule has 80 valence electrons. The van der Waals surface area contributed by atoms with Gasteiger partial charge in [-0.15, -0.1) is 0 Å². The molecule has 1 aromatic carbocycles. The lowest BCUT2D eigenvalue weighted by Crippen LogP contribution is -2.14. The summed E-state index contributed by atoms with van der Waals surface area (Å²) < 4.78 is 0. The molecule has 1 aromatic rings. The molecule has 2 aliphatic carbocycles. The molecule has 15 heavy (non-hydrogen) atoms. The summed E-state index contributed by atoms with van der Waals surface area (Å²) in [6, 6.07) is 6.04. The van der Waals surface area contributed by atoms with Crippen LogP contribution in [0.1, 0.15) is 37.7 Å². The SMILES string of the molecule is Clc1cc(Cl)cc([C@]23CCCCC2C3)c1. The van der Waals surface area contributed by atoms with E-state index in [2.05, 4.69) is 12.1 Å². The predicted octanol–water partition coefficient (Wildman–Crippen LogP) is 4.83. The maximum absolute atomic E-state index is 6.07. The van der Waals surface area contributed by atoms with E-state index in [1.165, 1.54) is 37.7 Å². The van der Waals surface area contributed by atoms with E-state index in [4.69, 9.17) is 23.2 Å². The smallest absolute Gasteiger partial charge is 0.0423 e. The predicted molar refractivity (Wildman–Crippen MR) is 64.7 cm³/mol. The van der Waals surface area contributed by atoms with Gasteiger partial charge in [0.15, 0.2) is 0 Å². The number of halogens is 2. The number of benzene rings is 1. The van der Waals surface area contributed by atoms with Crippen LogP contribution >= 0.6 is 23.2 Å². The first kappa shape index (κ1) is 9.99. The van der Waals surface area contributed by atoms with Crippen LogP contribution in [0.5, 0.6) is 0 Å². The second-order valence-electron chi connectivity index (χ2n) is 4.96. The average molecular weight is 241 g/mol. The molecule has 2 aliphatic rings. The maximum atomic E-state index is 6.07. The topological polar surface area (TPSA) is 0 Å². The van der Waals surface area contributed by atoms with Crippen LogP contribution in [0.4, 0.5) is 0 Å². The van der Waals surface area contributed by atoms with Crippen molar-refractivity contribution < 1.29 is 0 Å². The molecule has 3 rings (SSSR count). The lowest BCUT2D eigenvalue weighted by atomic mass is 9.83. The van der Waals surface area contributed by atoms with E-state index in [0.29, 0.717) is 5.41 Å². The monoisotopic (exact) mass is 240 g/mol. The molecule has 0 spiro atoms. The van der Waals surface area contributed by atoms with Gasteiger partial charge in [-0.2, -0.15) is 0 Å². The molecule has 0 heterocycles. The first-order chi connectivity index (χ1) is 7.21. The van der Waals surface area contributed by atoms with Gasteiger partial charge in [0.2, 0.25) is 0 Å². The summed E-state index contributed by atoms with van der Waals surface area (Å²) in [5, 5.41) is 1.56. The summed E-state index contributed by atoms with van der Waals surface area (Å²) in [4.78, 5) is 0. The van der Waals surface area contributed by atoms with Crippen molar-refractivity contribution in [2.24, 2.45) is 5.92 Å². The van der Waals surface area contributed by atoms with Gasteiger partial charge in [-0.25, -0.2) is 0 Å². The zero-order valence-electron chi connectivity index (χ0n) is 8.60. The van der Waals surface area contributed by atoms with E-state index < -0.39 is 0 Å². The van der Waals surface area contributed by atoms with Gasteiger partial charge < -0.3 is 0 Å². The molecular weight excluding hydrogens is 227 g/mol. The Kier molecular flexibility index (Phi) is 2.26. The van der Waals surface area contributed by atoms with E-state index in [1.54, 1.807) is 0 Å². The third kappa shape index (κ3) is 1.59. The zero-order chi connectivity index (χ0) is 10.5. The molecule has 0 N–H and O–H groups in total. The molecule has 0 radical (unpaired) electrons. The highest BCUT2D eigenvalue weighted by atomic mass is 35.5. The molecule has 2 fully saturated rings. The van der Waals surface area contributed by atoms with Crippen molar-refractivity contribution in [2.45, 2.75) is 37.5 Å². The summed E-state index contributed by atoms with van der Waals surface area (Å²) in [5.41, 5.74) is 1.83. The summed E-state index contributed by atoms with van der Waals surface area (Å²) in [6.07, 6.45) is 6.84. The largest absolute Gasteiger partial charge is 0.0843 e. The number of fused-ring (bicyclic) bond motifs is 1. The Morgan fingerprint density at radius 2 is 1.80 bits per heavy atom. The molecule has 2 heteroatoms. The van der Waals surface area contributed by atoms with Crippen molar-refractivity contribution >= 4 is 23.2 Å². The molecule has 0 bridgehead atoms. The van der Waals surface area contributed by atoms with E-state index in [0.717, 1.165) is 16.0 Å². The van der Waals surface area contributed by atoms with Crippen molar-refractivity contribution in [1.82, 2.24) is 0 Å². The second-order valence-corrected chi connectivity index (χ2v) is 5.83. The molecule has 1 unspecified atom stereocenters. The lowest BCUT2D eigenvalue weighted by Gasteiger charge is -2.22. The fourth-order valence-corrected chi connectivity index (χ4v) is 3.76. The highest BCUT2D eigenvalue weighted by Gasteiger charge is 2.55. The van der Waals surface area contributed by atoms with Gasteiger partial charge in [-0.1, -0.05) is 36.0 Å². The van der Waals surface area contributed by atoms with Crippen molar-refractivity contribution in [3.8, 4) is 0 Å². The summed E-state index contributed by atoms with van der Waals surface area (Å²) in [7, 11) is 0. The van der Waals surface area contributed by atoms with Crippen molar-refractivity contribution in [1.29, 1.82) is 0 Å². The average Bonchev–Trinajstić information content (AvgIpc) is 2.91. The summed E-state index contributed by atoms with van der Waals surface area (Å²) in [5.74, 6) is 0.904. The van der Waals surface area contributed by atoms with Gasteiger partial charge in [0.05, 0.1) is 0 Å². The first-order valence-corrected chi connectivity index (χ1v) is 6.43. The minimum atomic E-state index is 0.451. The lowest BCUT2D eigenvalue weighted by molar-refractivity contribution is 0.428. The van der Waals surface area contributed by atoms with E-state index >= 15 is 0 Å². The number of rotatable bonds is 1. The van der Waals surface area contributed by atoms with Crippen LogP contribution < -0.4 is 0 Å². The molecule has 2 atom stereocenters. The summed E-state index contributed by atoms with van der Waals surface area (Å²) in [6.45, 7) is 0. The van der Waals surface area contributed by atoms with E-state index in [-0.39, 0.29) is 0 Å². The highest BCUT2D eigenvalue weighted by molar-refractivity contribution is 6.34. The maximum Gasteiger partial charge on any atom is 0.0423 e. The van der Waals surface area contributed by atoms with Crippen LogP contribution in [0.3, 0.4) is 0 Å². The second kappa shape index (κ2) is 3.40. The van der Waals surface area contributed by atoms with Crippen molar-refractivity contribution in [3.63, 3.8) is 0 Å². The molecule has 0 nitrogen and oxygen atoms in total. The zero-order valence-corrected chi connectivity index (χ0v) is 10.1. The Morgan fingerprint density at radius 3 is 2.47 bits per heavy atom. The minimum absolute atomic E-state index is 0.451. The molecule has 0 amide bonds. The Balaban J connectivity index is 1.99. The van der Waals surface area contributed by atoms with Crippen LogP contribution in [0.2, 0.25) is 10.0 Å². The van der Waals surface area contributed by atoms with Crippen LogP contribution in [0.25, 0.3) is 0 Å². The van der Waals surface area contributed by atoms with Gasteiger partial charge in [0.1, 0.15) is 0 Å². The summed E-state index contributed by atoms with van der Waals surface area (Å²) >= 11 is 12.1. The third-order valence-corrected chi connectivity index (χ3v) is 4.53. The first-order valence-electron chi connectivity index (χ1n) is 5.67. The van der Waals surface area contributed by atoms with Gasteiger partial charge in [-0.3, -0.25) is 0 Å². The number of hydrogen-bond donors (Lipinski definition) is 0. The van der Waals surface area contributed by atoms with Crippen molar-refractivity contribution in [2.75, 3.05) is 0 Å². The van der Waals surface area contributed by atoms with E-state index in [9.17, 15) is 0 Å². The Bertz CT molecular complexity index is 379. The van der Waals surface area contributed by atoms with Crippen LogP contribution in [-0.4, -0.2) is 0 Å². The van der Waals surface area contributed by atoms with Crippen LogP contribution in [-0.2, 0) is 5.41 Å². The minimum Gasteiger partial charge on any atom is -0.0843 e. The highest BCUT2D eigenvalue weighted by Crippen LogP contribution is 2.62. The third-order valence-electron chi connectivity index (χ3n) is 4.09. The fourth-order valence-electron chi connectivity index (χ4n) is 3.24. The van der Waals surface area contributed by atoms with Crippen molar-refractivity contribution in [3.05, 3.63) is 33.8 Å². The molecular formula is C13H14Cl2. The molecule has 0 aliphatic heterocycles. The van der Waals surface area contributed by atoms with Gasteiger partial charge in [-0.05, 0) is 54.4 Å². The van der Waals surface area contributed by atoms with Gasteiger partial charge in [0.25, 0.3) is 0 Å². The van der Waals surface area contributed by atoms with Gasteiger partial charge in [0, 0.05) is 10.0 Å². The van der Waals surface area contributed by atoms with E-state index in [1.807, 2.05) is 6.07 Å². The van der Waals surface area contributed by atoms with Crippen LogP contribution in [0.15, 0.2) is 18.2 Å². The normalized spacial score (nSPS) is 33.6. The molecule has 0 saturated heterocycles. The van der Waals surface area contributed by atoms with Gasteiger partial charge >= 0.3 is 0 Å².